The lowest BCUT2D eigenvalue weighted by Gasteiger charge is -2.35. The van der Waals surface area contributed by atoms with Gasteiger partial charge in [-0.15, -0.1) is 0 Å². The van der Waals surface area contributed by atoms with E-state index < -0.39 is 0 Å². The van der Waals surface area contributed by atoms with E-state index >= 15 is 0 Å². The van der Waals surface area contributed by atoms with Crippen LogP contribution in [0.5, 0.6) is 0 Å². The molecule has 6 heteroatoms. The second-order valence-electron chi connectivity index (χ2n) is 4.72. The van der Waals surface area contributed by atoms with Crippen LogP contribution in [-0.2, 0) is 4.79 Å². The second kappa shape index (κ2) is 5.20. The van der Waals surface area contributed by atoms with E-state index in [9.17, 15) is 9.59 Å². The molecule has 2 amide bonds. The number of rotatable bonds is 1. The van der Waals surface area contributed by atoms with Crippen molar-refractivity contribution in [3.8, 4) is 0 Å². The summed E-state index contributed by atoms with van der Waals surface area (Å²) < 4.78 is 1.46. The van der Waals surface area contributed by atoms with Crippen molar-refractivity contribution in [3.05, 3.63) is 18.7 Å². The van der Waals surface area contributed by atoms with Crippen molar-refractivity contribution in [2.75, 3.05) is 26.2 Å². The summed E-state index contributed by atoms with van der Waals surface area (Å²) in [5.41, 5.74) is 0. The number of piperazine rings is 1. The van der Waals surface area contributed by atoms with Crippen LogP contribution in [0.25, 0.3) is 0 Å². The van der Waals surface area contributed by atoms with Crippen molar-refractivity contribution in [2.24, 2.45) is 5.92 Å². The van der Waals surface area contributed by atoms with Gasteiger partial charge in [0.25, 0.3) is 0 Å². The van der Waals surface area contributed by atoms with Gasteiger partial charge in [0.05, 0.1) is 0 Å². The van der Waals surface area contributed by atoms with Crippen LogP contribution in [0.1, 0.15) is 13.8 Å². The Morgan fingerprint density at radius 1 is 1.11 bits per heavy atom. The van der Waals surface area contributed by atoms with Crippen molar-refractivity contribution < 1.29 is 9.59 Å². The Bertz CT molecular complexity index is 419. The molecule has 1 aromatic heterocycles. The summed E-state index contributed by atoms with van der Waals surface area (Å²) in [4.78, 5) is 31.2. The molecule has 0 radical (unpaired) electrons. The van der Waals surface area contributed by atoms with Crippen molar-refractivity contribution >= 4 is 11.9 Å². The number of nitrogens with zero attached hydrogens (tertiary/aromatic N) is 4. The minimum atomic E-state index is -0.0795. The average Bonchev–Trinajstić information content (AvgIpc) is 2.91. The quantitative estimate of drug-likeness (QED) is 0.735. The van der Waals surface area contributed by atoms with Crippen LogP contribution in [0.15, 0.2) is 18.7 Å². The molecule has 0 spiro atoms. The molecule has 0 saturated carbocycles. The lowest BCUT2D eigenvalue weighted by atomic mass is 10.1. The molecule has 1 aromatic rings. The van der Waals surface area contributed by atoms with Gasteiger partial charge in [-0.1, -0.05) is 13.8 Å². The molecule has 0 aromatic carbocycles. The Morgan fingerprint density at radius 2 is 1.72 bits per heavy atom. The molecule has 1 aliphatic rings. The smallest absolute Gasteiger partial charge is 0.329 e. The third-order valence-electron chi connectivity index (χ3n) is 3.08. The van der Waals surface area contributed by atoms with E-state index in [1.165, 1.54) is 10.9 Å². The van der Waals surface area contributed by atoms with Gasteiger partial charge in [-0.05, 0) is 0 Å². The summed E-state index contributed by atoms with van der Waals surface area (Å²) in [7, 11) is 0. The zero-order valence-electron chi connectivity index (χ0n) is 10.7. The van der Waals surface area contributed by atoms with E-state index in [0.29, 0.717) is 26.2 Å². The zero-order valence-corrected chi connectivity index (χ0v) is 10.7. The lowest BCUT2D eigenvalue weighted by Crippen LogP contribution is -2.52. The average molecular weight is 250 g/mol. The molecule has 18 heavy (non-hydrogen) atoms. The standard InChI is InChI=1S/C12H18N4O2/c1-10(2)11(17)14-5-7-15(8-6-14)12(18)16-4-3-13-9-16/h3-4,9-10H,5-8H2,1-2H3. The first kappa shape index (κ1) is 12.6. The van der Waals surface area contributed by atoms with Gasteiger partial charge in [0.1, 0.15) is 6.33 Å². The summed E-state index contributed by atoms with van der Waals surface area (Å²) in [6.45, 7) is 6.16. The molecule has 2 rings (SSSR count). The van der Waals surface area contributed by atoms with Crippen molar-refractivity contribution in [1.82, 2.24) is 19.4 Å². The predicted molar refractivity (Wildman–Crippen MR) is 66.0 cm³/mol. The topological polar surface area (TPSA) is 58.4 Å². The van der Waals surface area contributed by atoms with E-state index in [2.05, 4.69) is 4.98 Å². The zero-order chi connectivity index (χ0) is 13.1. The monoisotopic (exact) mass is 250 g/mol. The fourth-order valence-electron chi connectivity index (χ4n) is 2.02. The molecule has 0 aliphatic carbocycles. The van der Waals surface area contributed by atoms with Gasteiger partial charge in [0.2, 0.25) is 5.91 Å². The van der Waals surface area contributed by atoms with E-state index in [1.54, 1.807) is 17.3 Å². The minimum absolute atomic E-state index is 0.0147. The molecule has 1 aliphatic heterocycles. The van der Waals surface area contributed by atoms with Crippen LogP contribution in [0.2, 0.25) is 0 Å². The normalized spacial score (nSPS) is 16.2. The Labute approximate surface area is 106 Å². The third-order valence-corrected chi connectivity index (χ3v) is 3.08. The number of imidazole rings is 1. The molecule has 98 valence electrons. The van der Waals surface area contributed by atoms with Crippen LogP contribution >= 0.6 is 0 Å². The predicted octanol–water partition coefficient (Wildman–Crippen LogP) is 0.651. The number of amides is 2. The van der Waals surface area contributed by atoms with Gasteiger partial charge in [0, 0.05) is 44.5 Å². The van der Waals surface area contributed by atoms with Crippen LogP contribution in [0.3, 0.4) is 0 Å². The Kier molecular flexibility index (Phi) is 3.64. The number of hydrogen-bond donors (Lipinski definition) is 0. The van der Waals surface area contributed by atoms with Gasteiger partial charge >= 0.3 is 6.03 Å². The van der Waals surface area contributed by atoms with Crippen LogP contribution in [-0.4, -0.2) is 57.5 Å². The van der Waals surface area contributed by atoms with E-state index in [4.69, 9.17) is 0 Å². The van der Waals surface area contributed by atoms with Crippen LogP contribution in [0.4, 0.5) is 4.79 Å². The van der Waals surface area contributed by atoms with Crippen LogP contribution < -0.4 is 0 Å². The maximum absolute atomic E-state index is 12.0. The van der Waals surface area contributed by atoms with Gasteiger partial charge in [-0.3, -0.25) is 9.36 Å². The SMILES string of the molecule is CC(C)C(=O)N1CCN(C(=O)n2ccnc2)CC1. The molecule has 1 saturated heterocycles. The molecule has 0 bridgehead atoms. The Hall–Kier alpha value is -1.85. The summed E-state index contributed by atoms with van der Waals surface area (Å²) in [5, 5.41) is 0. The van der Waals surface area contributed by atoms with Gasteiger partial charge < -0.3 is 9.80 Å². The van der Waals surface area contributed by atoms with E-state index in [-0.39, 0.29) is 17.9 Å². The van der Waals surface area contributed by atoms with Crippen molar-refractivity contribution in [1.29, 1.82) is 0 Å². The summed E-state index contributed by atoms with van der Waals surface area (Å²) in [6.07, 6.45) is 4.71. The summed E-state index contributed by atoms with van der Waals surface area (Å²) in [6, 6.07) is -0.0795. The van der Waals surface area contributed by atoms with Crippen molar-refractivity contribution in [3.63, 3.8) is 0 Å². The molecule has 1 fully saturated rings. The molecular formula is C12H18N4O2. The maximum atomic E-state index is 12.0. The molecular weight excluding hydrogens is 232 g/mol. The van der Waals surface area contributed by atoms with Gasteiger partial charge in [-0.25, -0.2) is 9.78 Å². The highest BCUT2D eigenvalue weighted by atomic mass is 16.2. The molecule has 6 nitrogen and oxygen atoms in total. The maximum Gasteiger partial charge on any atom is 0.329 e. The summed E-state index contributed by atoms with van der Waals surface area (Å²) in [5.74, 6) is 0.172. The minimum Gasteiger partial charge on any atom is -0.339 e. The highest BCUT2D eigenvalue weighted by Gasteiger charge is 2.25. The fourth-order valence-corrected chi connectivity index (χ4v) is 2.02. The van der Waals surface area contributed by atoms with Gasteiger partial charge in [0.15, 0.2) is 0 Å². The molecule has 0 N–H and O–H groups in total. The number of hydrogen-bond acceptors (Lipinski definition) is 3. The van der Waals surface area contributed by atoms with E-state index in [0.717, 1.165) is 0 Å². The number of carbonyl (C=O) groups is 2. The Morgan fingerprint density at radius 3 is 2.22 bits per heavy atom. The third kappa shape index (κ3) is 2.52. The molecule has 0 unspecified atom stereocenters. The number of aromatic nitrogens is 2. The highest BCUT2D eigenvalue weighted by molar-refractivity contribution is 5.79. The lowest BCUT2D eigenvalue weighted by molar-refractivity contribution is -0.135. The molecule has 2 heterocycles. The van der Waals surface area contributed by atoms with E-state index in [1.807, 2.05) is 18.7 Å². The number of carbonyl (C=O) groups excluding carboxylic acids is 2. The first-order chi connectivity index (χ1) is 8.59. The second-order valence-corrected chi connectivity index (χ2v) is 4.72. The van der Waals surface area contributed by atoms with Gasteiger partial charge in [-0.2, -0.15) is 0 Å². The molecule has 0 atom stereocenters. The first-order valence-electron chi connectivity index (χ1n) is 6.15. The summed E-state index contributed by atoms with van der Waals surface area (Å²) >= 11 is 0. The van der Waals surface area contributed by atoms with Crippen LogP contribution in [0, 0.1) is 5.92 Å². The van der Waals surface area contributed by atoms with Crippen molar-refractivity contribution in [2.45, 2.75) is 13.8 Å². The Balaban J connectivity index is 1.91. The first-order valence-corrected chi connectivity index (χ1v) is 6.15. The fraction of sp³-hybridized carbons (Fsp3) is 0.583. The highest BCUT2D eigenvalue weighted by Crippen LogP contribution is 2.08. The largest absolute Gasteiger partial charge is 0.339 e.